The molecule has 4 saturated carbocycles. The van der Waals surface area contributed by atoms with Gasteiger partial charge in [0.2, 0.25) is 0 Å². The molecule has 5 aliphatic rings. The van der Waals surface area contributed by atoms with E-state index >= 15 is 0 Å². The molecule has 7 rings (SSSR count). The van der Waals surface area contributed by atoms with E-state index in [2.05, 4.69) is 75.9 Å². The summed E-state index contributed by atoms with van der Waals surface area (Å²) in [4.78, 5) is 15.8. The molecule has 0 bridgehead atoms. The average molecular weight is 650 g/mol. The van der Waals surface area contributed by atoms with Crippen molar-refractivity contribution in [2.45, 2.75) is 105 Å². The predicted molar refractivity (Wildman–Crippen MR) is 197 cm³/mol. The third kappa shape index (κ3) is 4.95. The molecule has 5 nitrogen and oxygen atoms in total. The molecule has 0 aliphatic heterocycles. The van der Waals surface area contributed by atoms with Gasteiger partial charge in [0.15, 0.2) is 0 Å². The third-order valence-corrected chi connectivity index (χ3v) is 15.7. The van der Waals surface area contributed by atoms with Gasteiger partial charge in [-0.15, -0.1) is 0 Å². The highest BCUT2D eigenvalue weighted by atomic mass is 16.4. The van der Waals surface area contributed by atoms with Gasteiger partial charge in [-0.3, -0.25) is 4.98 Å². The zero-order valence-corrected chi connectivity index (χ0v) is 30.4. The van der Waals surface area contributed by atoms with Gasteiger partial charge < -0.3 is 15.7 Å². The lowest BCUT2D eigenvalue weighted by Crippen LogP contribution is -2.68. The van der Waals surface area contributed by atoms with Crippen molar-refractivity contribution < 1.29 is 9.90 Å². The largest absolute Gasteiger partial charge is 0.478 e. The Labute approximate surface area is 289 Å². The average Bonchev–Trinajstić information content (AvgIpc) is 3.44. The first-order chi connectivity index (χ1) is 22.8. The second-order valence-corrected chi connectivity index (χ2v) is 17.9. The number of carbonyl (C=O) groups is 1. The quantitative estimate of drug-likeness (QED) is 0.196. The molecular formula is C43H59N3O2. The molecule has 5 heteroatoms. The fourth-order valence-electron chi connectivity index (χ4n) is 13.3. The molecule has 48 heavy (non-hydrogen) atoms. The molecule has 9 atom stereocenters. The van der Waals surface area contributed by atoms with Gasteiger partial charge in [0.1, 0.15) is 0 Å². The summed E-state index contributed by atoms with van der Waals surface area (Å²) >= 11 is 0. The fourth-order valence-corrected chi connectivity index (χ4v) is 13.3. The maximum absolute atomic E-state index is 11.5. The molecule has 0 amide bonds. The number of benzene rings is 1. The van der Waals surface area contributed by atoms with Crippen LogP contribution in [0.25, 0.3) is 5.57 Å². The molecule has 9 unspecified atom stereocenters. The topological polar surface area (TPSA) is 74.2 Å². The molecule has 258 valence electrons. The van der Waals surface area contributed by atoms with Crippen LogP contribution in [0.3, 0.4) is 0 Å². The molecule has 1 aromatic carbocycles. The number of aromatic carboxylic acids is 1. The Bertz CT molecular complexity index is 1580. The maximum Gasteiger partial charge on any atom is 0.335 e. The summed E-state index contributed by atoms with van der Waals surface area (Å²) in [5.74, 6) is 2.41. The molecular weight excluding hydrogens is 590 g/mol. The van der Waals surface area contributed by atoms with Crippen LogP contribution in [0.1, 0.15) is 115 Å². The highest BCUT2D eigenvalue weighted by Gasteiger charge is 2.70. The molecule has 3 N–H and O–H groups in total. The van der Waals surface area contributed by atoms with Crippen molar-refractivity contribution >= 4 is 17.2 Å². The van der Waals surface area contributed by atoms with Gasteiger partial charge in [-0.25, -0.2) is 4.79 Å². The van der Waals surface area contributed by atoms with Crippen LogP contribution in [0.4, 0.5) is 5.69 Å². The number of rotatable bonds is 8. The van der Waals surface area contributed by atoms with Gasteiger partial charge in [0, 0.05) is 31.0 Å². The lowest BCUT2D eigenvalue weighted by Gasteiger charge is -2.72. The third-order valence-electron chi connectivity index (χ3n) is 15.7. The highest BCUT2D eigenvalue weighted by molar-refractivity contribution is 5.88. The van der Waals surface area contributed by atoms with Gasteiger partial charge in [0.25, 0.3) is 0 Å². The highest BCUT2D eigenvalue weighted by Crippen LogP contribution is 2.76. The van der Waals surface area contributed by atoms with Crippen LogP contribution < -0.4 is 10.6 Å². The van der Waals surface area contributed by atoms with Crippen molar-refractivity contribution in [3.8, 4) is 0 Å². The molecule has 2 aromatic rings. The summed E-state index contributed by atoms with van der Waals surface area (Å²) in [5, 5.41) is 17.3. The summed E-state index contributed by atoms with van der Waals surface area (Å²) in [6, 6.07) is 11.7. The predicted octanol–water partition coefficient (Wildman–Crippen LogP) is 9.88. The molecule has 4 fully saturated rings. The van der Waals surface area contributed by atoms with Crippen molar-refractivity contribution in [1.29, 1.82) is 0 Å². The lowest BCUT2D eigenvalue weighted by atomic mass is 9.33. The second-order valence-electron chi connectivity index (χ2n) is 17.9. The number of hydrogen-bond acceptors (Lipinski definition) is 4. The van der Waals surface area contributed by atoms with E-state index in [0.29, 0.717) is 46.0 Å². The number of fused-ring (bicyclic) bond motifs is 7. The first-order valence-corrected chi connectivity index (χ1v) is 18.9. The molecule has 0 saturated heterocycles. The van der Waals surface area contributed by atoms with Gasteiger partial charge in [-0.05, 0) is 151 Å². The minimum Gasteiger partial charge on any atom is -0.478 e. The van der Waals surface area contributed by atoms with E-state index in [1.54, 1.807) is 12.1 Å². The van der Waals surface area contributed by atoms with Crippen molar-refractivity contribution in [3.63, 3.8) is 0 Å². The monoisotopic (exact) mass is 649 g/mol. The Hall–Kier alpha value is -2.92. The van der Waals surface area contributed by atoms with Crippen molar-refractivity contribution in [2.75, 3.05) is 18.4 Å². The Morgan fingerprint density at radius 1 is 0.917 bits per heavy atom. The Balaban J connectivity index is 1.16. The van der Waals surface area contributed by atoms with Crippen LogP contribution in [-0.2, 0) is 0 Å². The molecule has 0 spiro atoms. The summed E-state index contributed by atoms with van der Waals surface area (Å²) in [7, 11) is 0. The lowest BCUT2D eigenvalue weighted by molar-refractivity contribution is -0.219. The summed E-state index contributed by atoms with van der Waals surface area (Å²) in [6.45, 7) is 21.8. The Kier molecular flexibility index (Phi) is 8.29. The standard InChI is InChI=1S/C43H59N3O2/c1-28(2)32-16-21-43(46-26-25-45-31-9-8-24-44-27-31)23-22-41(6)34(37(32)43)14-15-36-40(5)19-17-33(29-10-12-30(13-11-29)38(47)48)39(3,4)35(40)18-20-42(36,41)7/h8-13,17,24,27,32,34-37,45-46H,1,14-16,18-23,25-26H2,2-7H3,(H,47,48). The van der Waals surface area contributed by atoms with E-state index in [1.165, 1.54) is 68.1 Å². The molecule has 0 radical (unpaired) electrons. The number of carboxylic acid groups (broad SMARTS) is 1. The summed E-state index contributed by atoms with van der Waals surface area (Å²) in [5.41, 5.74) is 6.56. The van der Waals surface area contributed by atoms with Gasteiger partial charge in [-0.1, -0.05) is 65.0 Å². The second kappa shape index (κ2) is 11.9. The zero-order valence-electron chi connectivity index (χ0n) is 30.4. The van der Waals surface area contributed by atoms with Crippen molar-refractivity contribution in [3.05, 3.63) is 78.1 Å². The van der Waals surface area contributed by atoms with Crippen LogP contribution in [0.5, 0.6) is 0 Å². The number of nitrogens with one attached hydrogen (secondary N) is 2. The van der Waals surface area contributed by atoms with E-state index in [1.807, 2.05) is 30.6 Å². The zero-order chi connectivity index (χ0) is 34.1. The van der Waals surface area contributed by atoms with E-state index in [9.17, 15) is 9.90 Å². The van der Waals surface area contributed by atoms with E-state index < -0.39 is 5.97 Å². The van der Waals surface area contributed by atoms with Crippen LogP contribution in [0.15, 0.2) is 67.0 Å². The SMILES string of the molecule is C=C(C)C1CCC2(NCCNc3cccnc3)CCC3(C)C(CCC4C5(C)CC=C(c6ccc(C(=O)O)cc6)C(C)(C)C5CCC43C)C12. The van der Waals surface area contributed by atoms with Gasteiger partial charge >= 0.3 is 5.97 Å². The number of carboxylic acids is 1. The van der Waals surface area contributed by atoms with E-state index in [0.717, 1.165) is 25.2 Å². The van der Waals surface area contributed by atoms with Crippen LogP contribution in [-0.4, -0.2) is 34.7 Å². The summed E-state index contributed by atoms with van der Waals surface area (Å²) in [6.07, 6.45) is 17.8. The van der Waals surface area contributed by atoms with E-state index in [4.69, 9.17) is 0 Å². The van der Waals surface area contributed by atoms with Crippen LogP contribution in [0.2, 0.25) is 0 Å². The number of hydrogen-bond donors (Lipinski definition) is 3. The molecule has 5 aliphatic carbocycles. The minimum atomic E-state index is -0.859. The minimum absolute atomic E-state index is 0.0306. The smallest absolute Gasteiger partial charge is 0.335 e. The number of pyridine rings is 1. The Morgan fingerprint density at radius 2 is 1.69 bits per heavy atom. The number of allylic oxidation sites excluding steroid dienone is 3. The molecule has 1 heterocycles. The number of aromatic nitrogens is 1. The normalized spacial score (nSPS) is 39.6. The van der Waals surface area contributed by atoms with Crippen molar-refractivity contribution in [2.24, 2.45) is 51.2 Å². The van der Waals surface area contributed by atoms with E-state index in [-0.39, 0.29) is 16.4 Å². The van der Waals surface area contributed by atoms with Crippen molar-refractivity contribution in [1.82, 2.24) is 10.3 Å². The molecule has 1 aromatic heterocycles. The number of nitrogens with zero attached hydrogens (tertiary/aromatic N) is 1. The number of anilines is 1. The fraction of sp³-hybridized carbons (Fsp3) is 0.628. The van der Waals surface area contributed by atoms with Crippen LogP contribution >= 0.6 is 0 Å². The van der Waals surface area contributed by atoms with Crippen LogP contribution in [0, 0.1) is 51.2 Å². The van der Waals surface area contributed by atoms with Gasteiger partial charge in [-0.2, -0.15) is 0 Å². The van der Waals surface area contributed by atoms with Gasteiger partial charge in [0.05, 0.1) is 11.3 Å². The summed E-state index contributed by atoms with van der Waals surface area (Å²) < 4.78 is 0. The Morgan fingerprint density at radius 3 is 2.38 bits per heavy atom. The maximum atomic E-state index is 11.5. The first kappa shape index (κ1) is 33.6. The first-order valence-electron chi connectivity index (χ1n) is 18.9.